The zero-order valence-corrected chi connectivity index (χ0v) is 17.3. The Bertz CT molecular complexity index is 992. The molecule has 2 aliphatic heterocycles. The Kier molecular flexibility index (Phi) is 5.70. The maximum absolute atomic E-state index is 6.02. The van der Waals surface area contributed by atoms with Crippen LogP contribution in [-0.4, -0.2) is 58.7 Å². The highest BCUT2D eigenvalue weighted by Gasteiger charge is 2.22. The summed E-state index contributed by atoms with van der Waals surface area (Å²) in [4.78, 5) is 0. The van der Waals surface area contributed by atoms with Crippen LogP contribution in [0.3, 0.4) is 0 Å². The third kappa shape index (κ3) is 4.08. The molecule has 8 nitrogen and oxygen atoms in total. The van der Waals surface area contributed by atoms with Crippen molar-refractivity contribution in [3.8, 4) is 17.0 Å². The largest absolute Gasteiger partial charge is 0.491 e. The van der Waals surface area contributed by atoms with E-state index >= 15 is 0 Å². The minimum absolute atomic E-state index is 0.0297. The highest BCUT2D eigenvalue weighted by atomic mass is 16.5. The monoisotopic (exact) mass is 412 g/mol. The third-order valence-electron chi connectivity index (χ3n) is 5.58. The summed E-state index contributed by atoms with van der Waals surface area (Å²) in [5, 5.41) is 10.5. The van der Waals surface area contributed by atoms with Gasteiger partial charge >= 0.3 is 0 Å². The molecule has 1 saturated heterocycles. The molecule has 0 N–H and O–H groups in total. The van der Waals surface area contributed by atoms with Crippen LogP contribution in [0.2, 0.25) is 0 Å². The second kappa shape index (κ2) is 8.75. The van der Waals surface area contributed by atoms with Crippen molar-refractivity contribution in [2.24, 2.45) is 0 Å². The predicted octanol–water partition coefficient (Wildman–Crippen LogP) is 3.41. The molecule has 160 valence electrons. The van der Waals surface area contributed by atoms with Crippen molar-refractivity contribution in [2.75, 3.05) is 33.0 Å². The highest BCUT2D eigenvalue weighted by Crippen LogP contribution is 2.34. The first-order valence-electron chi connectivity index (χ1n) is 10.8. The second-order valence-corrected chi connectivity index (χ2v) is 7.89. The number of fused-ring (bicyclic) bond motifs is 4. The van der Waals surface area contributed by atoms with Gasteiger partial charge in [-0.05, 0) is 44.4 Å². The van der Waals surface area contributed by atoms with E-state index in [9.17, 15) is 0 Å². The molecule has 30 heavy (non-hydrogen) atoms. The van der Waals surface area contributed by atoms with E-state index in [-0.39, 0.29) is 12.3 Å². The number of nitrogens with zero attached hydrogens (tertiary/aromatic N) is 4. The van der Waals surface area contributed by atoms with E-state index in [2.05, 4.69) is 17.2 Å². The minimum Gasteiger partial charge on any atom is -0.491 e. The van der Waals surface area contributed by atoms with Crippen LogP contribution >= 0.6 is 0 Å². The van der Waals surface area contributed by atoms with Crippen molar-refractivity contribution in [3.63, 3.8) is 0 Å². The molecular weight excluding hydrogens is 384 g/mol. The van der Waals surface area contributed by atoms with Gasteiger partial charge in [0.1, 0.15) is 18.1 Å². The van der Waals surface area contributed by atoms with Gasteiger partial charge in [0.05, 0.1) is 44.2 Å². The zero-order chi connectivity index (χ0) is 20.3. The average Bonchev–Trinajstić information content (AvgIpc) is 3.38. The summed E-state index contributed by atoms with van der Waals surface area (Å²) >= 11 is 0. The molecular formula is C22H28N4O4. The Balaban J connectivity index is 1.54. The molecule has 0 radical (unpaired) electrons. The molecule has 1 unspecified atom stereocenters. The van der Waals surface area contributed by atoms with E-state index in [1.54, 1.807) is 0 Å². The molecule has 5 rings (SSSR count). The number of benzene rings is 1. The van der Waals surface area contributed by atoms with E-state index in [4.69, 9.17) is 24.0 Å². The zero-order valence-electron chi connectivity index (χ0n) is 17.3. The van der Waals surface area contributed by atoms with Gasteiger partial charge in [-0.15, -0.1) is 0 Å². The Morgan fingerprint density at radius 2 is 2.03 bits per heavy atom. The Morgan fingerprint density at radius 3 is 2.93 bits per heavy atom. The molecule has 2 atom stereocenters. The summed E-state index contributed by atoms with van der Waals surface area (Å²) in [7, 11) is 0. The van der Waals surface area contributed by atoms with Gasteiger partial charge in [-0.1, -0.05) is 0 Å². The maximum Gasteiger partial charge on any atom is 0.150 e. The van der Waals surface area contributed by atoms with Gasteiger partial charge in [0, 0.05) is 23.8 Å². The molecule has 3 aromatic rings. The lowest BCUT2D eigenvalue weighted by Crippen LogP contribution is -2.20. The van der Waals surface area contributed by atoms with Crippen molar-refractivity contribution < 1.29 is 18.9 Å². The topological polar surface area (TPSA) is 72.6 Å². The van der Waals surface area contributed by atoms with Crippen LogP contribution < -0.4 is 4.74 Å². The van der Waals surface area contributed by atoms with Crippen molar-refractivity contribution in [2.45, 2.75) is 45.1 Å². The molecule has 8 heteroatoms. The van der Waals surface area contributed by atoms with E-state index in [0.717, 1.165) is 53.8 Å². The summed E-state index contributed by atoms with van der Waals surface area (Å²) in [6.07, 6.45) is 7.12. The van der Waals surface area contributed by atoms with Crippen molar-refractivity contribution in [3.05, 3.63) is 30.6 Å². The lowest BCUT2D eigenvalue weighted by molar-refractivity contribution is -0.0365. The quantitative estimate of drug-likeness (QED) is 0.610. The average molecular weight is 412 g/mol. The normalized spacial score (nSPS) is 23.5. The fraction of sp³-hybridized carbons (Fsp3) is 0.545. The van der Waals surface area contributed by atoms with Crippen molar-refractivity contribution in [1.29, 1.82) is 0 Å². The highest BCUT2D eigenvalue weighted by molar-refractivity contribution is 5.94. The molecule has 0 aliphatic carbocycles. The number of hydrogen-bond acceptors (Lipinski definition) is 6. The summed E-state index contributed by atoms with van der Waals surface area (Å²) < 4.78 is 27.4. The van der Waals surface area contributed by atoms with Gasteiger partial charge in [-0.2, -0.15) is 10.2 Å². The van der Waals surface area contributed by atoms with Gasteiger partial charge in [-0.3, -0.25) is 4.68 Å². The second-order valence-electron chi connectivity index (χ2n) is 7.89. The lowest BCUT2D eigenvalue weighted by Gasteiger charge is -2.23. The number of rotatable bonds is 1. The van der Waals surface area contributed by atoms with E-state index in [1.807, 2.05) is 34.7 Å². The number of hydrogen-bond donors (Lipinski definition) is 0. The van der Waals surface area contributed by atoms with Gasteiger partial charge in [-0.25, -0.2) is 4.68 Å². The van der Waals surface area contributed by atoms with Crippen LogP contribution in [0.5, 0.6) is 5.75 Å². The maximum atomic E-state index is 6.02. The molecule has 4 heterocycles. The molecule has 0 amide bonds. The van der Waals surface area contributed by atoms with Gasteiger partial charge in [0.2, 0.25) is 0 Å². The van der Waals surface area contributed by atoms with Gasteiger partial charge in [0.15, 0.2) is 6.23 Å². The standard InChI is InChI=1S/C22H28N4O4/c1-16-15-27-10-11-29-18-5-6-20-19(12-18)22(17-13-23-25(14-17)7-9-28-16)24-26(20)21-4-2-3-8-30-21/h5-6,12-14,16,21H,2-4,7-11,15H2,1H3/t16-,21?/m0/s1. The smallest absolute Gasteiger partial charge is 0.150 e. The Hall–Kier alpha value is -2.42. The SMILES string of the molecule is C[C@H]1COCCOc2ccc3c(c2)c(nn3C2CCCCO2)-c2cnn(c2)CCO1. The van der Waals surface area contributed by atoms with Crippen molar-refractivity contribution >= 4 is 10.9 Å². The summed E-state index contributed by atoms with van der Waals surface area (Å²) in [5.41, 5.74) is 2.93. The third-order valence-corrected chi connectivity index (χ3v) is 5.58. The first kappa shape index (κ1) is 19.5. The predicted molar refractivity (Wildman–Crippen MR) is 112 cm³/mol. The molecule has 0 spiro atoms. The number of ether oxygens (including phenoxy) is 4. The molecule has 4 bridgehead atoms. The summed E-state index contributed by atoms with van der Waals surface area (Å²) in [5.74, 6) is 0.806. The molecule has 0 saturated carbocycles. The van der Waals surface area contributed by atoms with E-state index in [0.29, 0.717) is 33.0 Å². The lowest BCUT2D eigenvalue weighted by atomic mass is 10.1. The first-order valence-corrected chi connectivity index (χ1v) is 10.8. The number of aromatic nitrogens is 4. The fourth-order valence-electron chi connectivity index (χ4n) is 4.03. The van der Waals surface area contributed by atoms with Crippen LogP contribution in [0, 0.1) is 0 Å². The fourth-order valence-corrected chi connectivity index (χ4v) is 4.03. The first-order chi connectivity index (χ1) is 14.8. The van der Waals surface area contributed by atoms with E-state index < -0.39 is 0 Å². The van der Waals surface area contributed by atoms with E-state index in [1.165, 1.54) is 0 Å². The Morgan fingerprint density at radius 1 is 1.07 bits per heavy atom. The van der Waals surface area contributed by atoms with Crippen LogP contribution in [-0.2, 0) is 20.8 Å². The minimum atomic E-state index is -0.0331. The summed E-state index contributed by atoms with van der Waals surface area (Å²) in [6.45, 7) is 5.61. The molecule has 2 aliphatic rings. The van der Waals surface area contributed by atoms with Crippen LogP contribution in [0.15, 0.2) is 30.6 Å². The van der Waals surface area contributed by atoms with Gasteiger partial charge in [0.25, 0.3) is 0 Å². The molecule has 1 fully saturated rings. The Labute approximate surface area is 175 Å². The summed E-state index contributed by atoms with van der Waals surface area (Å²) in [6, 6.07) is 6.13. The molecule has 2 aromatic heterocycles. The van der Waals surface area contributed by atoms with Crippen LogP contribution in [0.4, 0.5) is 0 Å². The van der Waals surface area contributed by atoms with Crippen molar-refractivity contribution in [1.82, 2.24) is 19.6 Å². The van der Waals surface area contributed by atoms with Gasteiger partial charge < -0.3 is 18.9 Å². The van der Waals surface area contributed by atoms with Crippen LogP contribution in [0.1, 0.15) is 32.4 Å². The van der Waals surface area contributed by atoms with Crippen LogP contribution in [0.25, 0.3) is 22.2 Å². The molecule has 1 aromatic carbocycles.